The van der Waals surface area contributed by atoms with Crippen molar-refractivity contribution in [1.82, 2.24) is 9.55 Å². The lowest BCUT2D eigenvalue weighted by Crippen LogP contribution is -2.33. The second-order valence-corrected chi connectivity index (χ2v) is 4.49. The smallest absolute Gasteiger partial charge is 0.330 e. The van der Waals surface area contributed by atoms with Gasteiger partial charge in [0.25, 0.3) is 5.56 Å². The Balaban J connectivity index is 2.34. The molecule has 2 heterocycles. The van der Waals surface area contributed by atoms with E-state index < -0.39 is 29.7 Å². The predicted octanol–water partition coefficient (Wildman–Crippen LogP) is -0.0155. The predicted molar refractivity (Wildman–Crippen MR) is 71.2 cm³/mol. The van der Waals surface area contributed by atoms with Gasteiger partial charge in [0.2, 0.25) is 0 Å². The van der Waals surface area contributed by atoms with Crippen molar-refractivity contribution in [3.8, 4) is 0 Å². The largest absolute Gasteiger partial charge is 0.390 e. The summed E-state index contributed by atoms with van der Waals surface area (Å²) in [5, 5.41) is 12.4. The molecule has 1 aromatic heterocycles. The first kappa shape index (κ1) is 14.4. The minimum atomic E-state index is -0.873. The summed E-state index contributed by atoms with van der Waals surface area (Å²) in [4.78, 5) is 35.8. The van der Waals surface area contributed by atoms with E-state index >= 15 is 0 Å². The molecule has 108 valence electrons. The third-order valence-electron chi connectivity index (χ3n) is 3.11. The highest BCUT2D eigenvalue weighted by Gasteiger charge is 2.35. The van der Waals surface area contributed by atoms with E-state index in [2.05, 4.69) is 10.2 Å². The lowest BCUT2D eigenvalue weighted by molar-refractivity contribution is -0.0150. The summed E-state index contributed by atoms with van der Waals surface area (Å²) in [7, 11) is 0. The van der Waals surface area contributed by atoms with Crippen LogP contribution in [0.2, 0.25) is 0 Å². The van der Waals surface area contributed by atoms with Gasteiger partial charge in [-0.05, 0) is 6.92 Å². The number of aromatic amines is 1. The van der Waals surface area contributed by atoms with Gasteiger partial charge >= 0.3 is 5.69 Å². The average Bonchev–Trinajstić information content (AvgIpc) is 2.75. The van der Waals surface area contributed by atoms with Gasteiger partial charge in [0.05, 0.1) is 11.7 Å². The first-order chi connectivity index (χ1) is 9.56. The molecular formula is C12H15N3O5. The van der Waals surface area contributed by atoms with E-state index in [0.29, 0.717) is 5.56 Å². The minimum absolute atomic E-state index is 0.154. The summed E-state index contributed by atoms with van der Waals surface area (Å²) in [6.45, 7) is 1.56. The lowest BCUT2D eigenvalue weighted by Gasteiger charge is -2.14. The standard InChI is InChI=1S/C12H15N3O5/c1-2-3-7-6-15(12(18)14-11(7)17)10-4-8(16)9(20-10)5-13-19/h2-3,6,8-10,16H,4-5H2,1H3,(H,14,17,18)/b3-2-/t8?,9-,10-/m1/s1. The van der Waals surface area contributed by atoms with E-state index in [1.165, 1.54) is 10.8 Å². The normalized spacial score (nSPS) is 26.2. The molecule has 0 saturated carbocycles. The van der Waals surface area contributed by atoms with Crippen LogP contribution in [0.4, 0.5) is 0 Å². The van der Waals surface area contributed by atoms with E-state index in [9.17, 15) is 19.6 Å². The highest BCUT2D eigenvalue weighted by atomic mass is 16.5. The van der Waals surface area contributed by atoms with Crippen LogP contribution < -0.4 is 11.2 Å². The van der Waals surface area contributed by atoms with Crippen molar-refractivity contribution in [1.29, 1.82) is 0 Å². The second-order valence-electron chi connectivity index (χ2n) is 4.49. The lowest BCUT2D eigenvalue weighted by atomic mass is 10.2. The van der Waals surface area contributed by atoms with Gasteiger partial charge in [0, 0.05) is 12.6 Å². The Labute approximate surface area is 113 Å². The average molecular weight is 281 g/mol. The van der Waals surface area contributed by atoms with E-state index in [1.54, 1.807) is 19.1 Å². The second kappa shape index (κ2) is 5.93. The maximum absolute atomic E-state index is 11.8. The molecule has 2 N–H and O–H groups in total. The molecule has 1 saturated heterocycles. The van der Waals surface area contributed by atoms with Gasteiger partial charge in [0.15, 0.2) is 0 Å². The van der Waals surface area contributed by atoms with Crippen molar-refractivity contribution in [3.05, 3.63) is 43.6 Å². The highest BCUT2D eigenvalue weighted by Crippen LogP contribution is 2.27. The molecule has 8 heteroatoms. The number of H-pyrrole nitrogens is 1. The van der Waals surface area contributed by atoms with Crippen molar-refractivity contribution in [3.63, 3.8) is 0 Å². The number of hydrogen-bond acceptors (Lipinski definition) is 6. The summed E-state index contributed by atoms with van der Waals surface area (Å²) in [6.07, 6.45) is 2.41. The molecule has 0 spiro atoms. The van der Waals surface area contributed by atoms with Gasteiger partial charge in [-0.25, -0.2) is 4.79 Å². The molecule has 1 fully saturated rings. The quantitative estimate of drug-likeness (QED) is 0.753. The maximum Gasteiger partial charge on any atom is 0.330 e. The number of nitrogens with one attached hydrogen (secondary N) is 1. The van der Waals surface area contributed by atoms with E-state index in [-0.39, 0.29) is 13.0 Å². The van der Waals surface area contributed by atoms with Gasteiger partial charge in [-0.3, -0.25) is 14.3 Å². The number of aliphatic hydroxyl groups excluding tert-OH is 1. The molecule has 2 rings (SSSR count). The monoisotopic (exact) mass is 281 g/mol. The van der Waals surface area contributed by atoms with Crippen molar-refractivity contribution < 1.29 is 9.84 Å². The topological polar surface area (TPSA) is 114 Å². The molecule has 1 aromatic rings. The molecule has 1 aliphatic heterocycles. The number of aliphatic hydroxyl groups is 1. The Morgan fingerprint density at radius 1 is 1.60 bits per heavy atom. The van der Waals surface area contributed by atoms with Crippen LogP contribution in [-0.4, -0.2) is 33.4 Å². The minimum Gasteiger partial charge on any atom is -0.390 e. The SMILES string of the molecule is C/C=C\c1cn([C@H]2CC(O)[C@@H](CN=O)O2)c(=O)[nH]c1=O. The number of aromatic nitrogens is 2. The number of nitroso groups, excluding NO2 is 1. The zero-order chi connectivity index (χ0) is 14.7. The summed E-state index contributed by atoms with van der Waals surface area (Å²) < 4.78 is 6.63. The Morgan fingerprint density at radius 2 is 2.35 bits per heavy atom. The summed E-state index contributed by atoms with van der Waals surface area (Å²) in [5.74, 6) is 0. The van der Waals surface area contributed by atoms with Gasteiger partial charge < -0.3 is 9.84 Å². The van der Waals surface area contributed by atoms with Crippen LogP contribution in [0.1, 0.15) is 25.1 Å². The van der Waals surface area contributed by atoms with Gasteiger partial charge in [-0.1, -0.05) is 17.3 Å². The number of nitrogens with zero attached hydrogens (tertiary/aromatic N) is 2. The Bertz CT molecular complexity index is 633. The molecule has 3 atom stereocenters. The molecule has 0 radical (unpaired) electrons. The zero-order valence-corrected chi connectivity index (χ0v) is 10.9. The van der Waals surface area contributed by atoms with E-state index in [1.807, 2.05) is 0 Å². The highest BCUT2D eigenvalue weighted by molar-refractivity contribution is 5.45. The number of rotatable bonds is 4. The van der Waals surface area contributed by atoms with Crippen molar-refractivity contribution in [2.45, 2.75) is 31.8 Å². The van der Waals surface area contributed by atoms with Crippen LogP contribution in [0.5, 0.6) is 0 Å². The third kappa shape index (κ3) is 2.75. The fourth-order valence-corrected chi connectivity index (χ4v) is 2.14. The van der Waals surface area contributed by atoms with Crippen LogP contribution in [-0.2, 0) is 4.74 Å². The first-order valence-corrected chi connectivity index (χ1v) is 6.17. The molecule has 1 aliphatic rings. The summed E-state index contributed by atoms with van der Waals surface area (Å²) >= 11 is 0. The van der Waals surface area contributed by atoms with Gasteiger partial charge in [-0.2, -0.15) is 4.91 Å². The Kier molecular flexibility index (Phi) is 4.26. The fourth-order valence-electron chi connectivity index (χ4n) is 2.14. The number of allylic oxidation sites excluding steroid dienone is 1. The van der Waals surface area contributed by atoms with Crippen molar-refractivity contribution in [2.24, 2.45) is 5.18 Å². The first-order valence-electron chi connectivity index (χ1n) is 6.17. The van der Waals surface area contributed by atoms with Crippen LogP contribution in [0.25, 0.3) is 6.08 Å². The number of ether oxygens (including phenoxy) is 1. The Hall–Kier alpha value is -2.06. The molecule has 20 heavy (non-hydrogen) atoms. The van der Waals surface area contributed by atoms with E-state index in [0.717, 1.165) is 0 Å². The summed E-state index contributed by atoms with van der Waals surface area (Å²) in [6, 6.07) is 0. The van der Waals surface area contributed by atoms with Gasteiger partial charge in [-0.15, -0.1) is 0 Å². The van der Waals surface area contributed by atoms with Crippen molar-refractivity contribution >= 4 is 6.08 Å². The van der Waals surface area contributed by atoms with Crippen molar-refractivity contribution in [2.75, 3.05) is 6.54 Å². The number of hydrogen-bond donors (Lipinski definition) is 2. The van der Waals surface area contributed by atoms with Crippen LogP contribution in [0, 0.1) is 4.91 Å². The fraction of sp³-hybridized carbons (Fsp3) is 0.500. The molecule has 0 aliphatic carbocycles. The van der Waals surface area contributed by atoms with E-state index in [4.69, 9.17) is 4.74 Å². The van der Waals surface area contributed by atoms with Crippen LogP contribution in [0.3, 0.4) is 0 Å². The molecule has 0 amide bonds. The van der Waals surface area contributed by atoms with Gasteiger partial charge in [0.1, 0.15) is 18.9 Å². The van der Waals surface area contributed by atoms with Crippen LogP contribution >= 0.6 is 0 Å². The molecule has 0 bridgehead atoms. The summed E-state index contributed by atoms with van der Waals surface area (Å²) in [5.41, 5.74) is -0.809. The zero-order valence-electron chi connectivity index (χ0n) is 10.9. The molecular weight excluding hydrogens is 266 g/mol. The van der Waals surface area contributed by atoms with Crippen LogP contribution in [0.15, 0.2) is 27.0 Å². The maximum atomic E-state index is 11.8. The third-order valence-corrected chi connectivity index (χ3v) is 3.11. The molecule has 0 aromatic carbocycles. The Morgan fingerprint density at radius 3 is 3.00 bits per heavy atom. The molecule has 1 unspecified atom stereocenters. The molecule has 8 nitrogen and oxygen atoms in total.